The van der Waals surface area contributed by atoms with Gasteiger partial charge in [0.1, 0.15) is 11.5 Å². The maximum atomic E-state index is 5.67. The SMILES string of the molecule is COc1cc(N2CCCC2)c(-c2cc(C)c(OC)cc2N2CCCC2)cc1C. The molecule has 4 rings (SSSR count). The molecule has 0 unspecified atom stereocenters. The molecule has 0 amide bonds. The quantitative estimate of drug-likeness (QED) is 0.713. The molecule has 0 spiro atoms. The van der Waals surface area contributed by atoms with Gasteiger partial charge >= 0.3 is 0 Å². The van der Waals surface area contributed by atoms with Crippen molar-refractivity contribution in [3.05, 3.63) is 35.4 Å². The second-order valence-electron chi connectivity index (χ2n) is 8.07. The van der Waals surface area contributed by atoms with Gasteiger partial charge in [-0.2, -0.15) is 0 Å². The molecule has 2 aromatic carbocycles. The van der Waals surface area contributed by atoms with E-state index < -0.39 is 0 Å². The van der Waals surface area contributed by atoms with Gasteiger partial charge in [0.2, 0.25) is 0 Å². The van der Waals surface area contributed by atoms with Crippen LogP contribution in [0, 0.1) is 13.8 Å². The Morgan fingerprint density at radius 3 is 1.29 bits per heavy atom. The third-order valence-corrected chi connectivity index (χ3v) is 6.21. The molecule has 28 heavy (non-hydrogen) atoms. The summed E-state index contributed by atoms with van der Waals surface area (Å²) in [6.45, 7) is 8.76. The second-order valence-corrected chi connectivity index (χ2v) is 8.07. The smallest absolute Gasteiger partial charge is 0.123 e. The number of hydrogen-bond donors (Lipinski definition) is 0. The Morgan fingerprint density at radius 2 is 0.964 bits per heavy atom. The standard InChI is InChI=1S/C24H32N2O2/c1-17-13-19(21(15-23(17)27-3)25-9-5-6-10-25)20-14-18(2)24(28-4)16-22(20)26-11-7-8-12-26/h13-16H,5-12H2,1-4H3. The number of methoxy groups -OCH3 is 2. The van der Waals surface area contributed by atoms with Crippen LogP contribution in [0.3, 0.4) is 0 Å². The molecule has 0 aromatic heterocycles. The number of anilines is 2. The fourth-order valence-electron chi connectivity index (χ4n) is 4.67. The van der Waals surface area contributed by atoms with Crippen molar-refractivity contribution in [1.29, 1.82) is 0 Å². The maximum Gasteiger partial charge on any atom is 0.123 e. The first kappa shape index (κ1) is 19.0. The van der Waals surface area contributed by atoms with E-state index >= 15 is 0 Å². The number of aryl methyl sites for hydroxylation is 2. The van der Waals surface area contributed by atoms with Gasteiger partial charge in [-0.25, -0.2) is 0 Å². The first-order valence-electron chi connectivity index (χ1n) is 10.5. The van der Waals surface area contributed by atoms with Crippen molar-refractivity contribution < 1.29 is 9.47 Å². The zero-order valence-electron chi connectivity index (χ0n) is 17.7. The highest BCUT2D eigenvalue weighted by Crippen LogP contribution is 2.44. The molecule has 4 nitrogen and oxygen atoms in total. The molecule has 2 aliphatic heterocycles. The van der Waals surface area contributed by atoms with Crippen molar-refractivity contribution in [2.24, 2.45) is 0 Å². The lowest BCUT2D eigenvalue weighted by Gasteiger charge is -2.28. The summed E-state index contributed by atoms with van der Waals surface area (Å²) in [5, 5.41) is 0. The van der Waals surface area contributed by atoms with Crippen LogP contribution < -0.4 is 19.3 Å². The van der Waals surface area contributed by atoms with Crippen LogP contribution in [0.25, 0.3) is 11.1 Å². The Kier molecular flexibility index (Phi) is 5.38. The van der Waals surface area contributed by atoms with Gasteiger partial charge in [-0.15, -0.1) is 0 Å². The minimum absolute atomic E-state index is 0.971. The van der Waals surface area contributed by atoms with Gasteiger partial charge in [-0.1, -0.05) is 0 Å². The van der Waals surface area contributed by atoms with E-state index in [1.54, 1.807) is 14.2 Å². The second kappa shape index (κ2) is 7.94. The van der Waals surface area contributed by atoms with E-state index in [-0.39, 0.29) is 0 Å². The van der Waals surface area contributed by atoms with Crippen LogP contribution in [0.5, 0.6) is 11.5 Å². The van der Waals surface area contributed by atoms with E-state index in [1.165, 1.54) is 59.3 Å². The zero-order valence-corrected chi connectivity index (χ0v) is 17.7. The molecular weight excluding hydrogens is 348 g/mol. The molecule has 2 aliphatic rings. The summed E-state index contributed by atoms with van der Waals surface area (Å²) in [5.41, 5.74) is 7.58. The van der Waals surface area contributed by atoms with E-state index in [2.05, 4.69) is 47.9 Å². The maximum absolute atomic E-state index is 5.67. The molecule has 4 heteroatoms. The fourth-order valence-corrected chi connectivity index (χ4v) is 4.67. The summed E-state index contributed by atoms with van der Waals surface area (Å²) in [4.78, 5) is 5.04. The highest BCUT2D eigenvalue weighted by molar-refractivity contribution is 5.89. The number of nitrogens with zero attached hydrogens (tertiary/aromatic N) is 2. The molecule has 2 aromatic rings. The molecular formula is C24H32N2O2. The van der Waals surface area contributed by atoms with Gasteiger partial charge in [0.05, 0.1) is 14.2 Å². The van der Waals surface area contributed by atoms with Crippen molar-refractivity contribution in [3.8, 4) is 22.6 Å². The molecule has 0 aliphatic carbocycles. The lowest BCUT2D eigenvalue weighted by molar-refractivity contribution is 0.411. The van der Waals surface area contributed by atoms with Gasteiger partial charge in [-0.3, -0.25) is 0 Å². The van der Waals surface area contributed by atoms with Gasteiger partial charge in [-0.05, 0) is 62.8 Å². The Balaban J connectivity index is 1.92. The molecule has 0 radical (unpaired) electrons. The van der Waals surface area contributed by atoms with Gasteiger partial charge in [0, 0.05) is 60.8 Å². The van der Waals surface area contributed by atoms with Crippen LogP contribution in [-0.2, 0) is 0 Å². The van der Waals surface area contributed by atoms with Crippen LogP contribution in [0.1, 0.15) is 36.8 Å². The van der Waals surface area contributed by atoms with Crippen LogP contribution >= 0.6 is 0 Å². The number of ether oxygens (including phenoxy) is 2. The van der Waals surface area contributed by atoms with Crippen molar-refractivity contribution >= 4 is 11.4 Å². The van der Waals surface area contributed by atoms with Crippen molar-refractivity contribution in [2.75, 3.05) is 50.2 Å². The summed E-state index contributed by atoms with van der Waals surface area (Å²) in [6.07, 6.45) is 5.04. The normalized spacial score (nSPS) is 16.7. The number of benzene rings is 2. The Bertz CT molecular complexity index is 779. The number of hydrogen-bond acceptors (Lipinski definition) is 4. The average molecular weight is 381 g/mol. The van der Waals surface area contributed by atoms with E-state index in [0.29, 0.717) is 0 Å². The highest BCUT2D eigenvalue weighted by Gasteiger charge is 2.24. The van der Waals surface area contributed by atoms with Gasteiger partial charge < -0.3 is 19.3 Å². The van der Waals surface area contributed by atoms with Crippen LogP contribution in [0.2, 0.25) is 0 Å². The van der Waals surface area contributed by atoms with Crippen molar-refractivity contribution in [2.45, 2.75) is 39.5 Å². The predicted octanol–water partition coefficient (Wildman–Crippen LogP) is 5.19. The zero-order chi connectivity index (χ0) is 19.7. The lowest BCUT2D eigenvalue weighted by atomic mass is 9.95. The summed E-state index contributed by atoms with van der Waals surface area (Å²) in [7, 11) is 3.53. The molecule has 0 atom stereocenters. The highest BCUT2D eigenvalue weighted by atomic mass is 16.5. The molecule has 2 fully saturated rings. The van der Waals surface area contributed by atoms with Gasteiger partial charge in [0.25, 0.3) is 0 Å². The van der Waals surface area contributed by atoms with E-state index in [0.717, 1.165) is 37.7 Å². The largest absolute Gasteiger partial charge is 0.496 e. The third kappa shape index (κ3) is 3.41. The van der Waals surface area contributed by atoms with Crippen LogP contribution in [0.15, 0.2) is 24.3 Å². The molecule has 0 N–H and O–H groups in total. The molecule has 0 saturated carbocycles. The minimum Gasteiger partial charge on any atom is -0.496 e. The van der Waals surface area contributed by atoms with E-state index in [1.807, 2.05) is 0 Å². The first-order valence-corrected chi connectivity index (χ1v) is 10.5. The number of rotatable bonds is 5. The predicted molar refractivity (Wildman–Crippen MR) is 117 cm³/mol. The van der Waals surface area contributed by atoms with E-state index in [4.69, 9.17) is 9.47 Å². The topological polar surface area (TPSA) is 24.9 Å². The summed E-state index contributed by atoms with van der Waals surface area (Å²) in [5.74, 6) is 1.94. The minimum atomic E-state index is 0.971. The van der Waals surface area contributed by atoms with Gasteiger partial charge in [0.15, 0.2) is 0 Å². The molecule has 2 heterocycles. The molecule has 2 saturated heterocycles. The summed E-state index contributed by atoms with van der Waals surface area (Å²) in [6, 6.07) is 9.10. The average Bonchev–Trinajstić information content (AvgIpc) is 3.41. The first-order chi connectivity index (χ1) is 13.6. The van der Waals surface area contributed by atoms with Crippen molar-refractivity contribution in [1.82, 2.24) is 0 Å². The Hall–Kier alpha value is -2.36. The fraction of sp³-hybridized carbons (Fsp3) is 0.500. The van der Waals surface area contributed by atoms with Crippen LogP contribution in [-0.4, -0.2) is 40.4 Å². The van der Waals surface area contributed by atoms with Crippen molar-refractivity contribution in [3.63, 3.8) is 0 Å². The summed E-state index contributed by atoms with van der Waals surface area (Å²) < 4.78 is 11.3. The van der Waals surface area contributed by atoms with Crippen LogP contribution in [0.4, 0.5) is 11.4 Å². The third-order valence-electron chi connectivity index (χ3n) is 6.21. The lowest BCUT2D eigenvalue weighted by Crippen LogP contribution is -2.21. The monoisotopic (exact) mass is 380 g/mol. The van der Waals surface area contributed by atoms with E-state index in [9.17, 15) is 0 Å². The Morgan fingerprint density at radius 1 is 0.607 bits per heavy atom. The molecule has 0 bridgehead atoms. The Labute approximate surface area is 169 Å². The molecule has 150 valence electrons. The summed E-state index contributed by atoms with van der Waals surface area (Å²) >= 11 is 0.